The Hall–Kier alpha value is -3.77. The Morgan fingerprint density at radius 2 is 1.57 bits per heavy atom. The number of anilines is 1. The molecule has 10 nitrogen and oxygen atoms in total. The number of rotatable bonds is 12. The lowest BCUT2D eigenvalue weighted by Gasteiger charge is -2.32. The zero-order valence-corrected chi connectivity index (χ0v) is 24.8. The van der Waals surface area contributed by atoms with Gasteiger partial charge in [-0.3, -0.25) is 24.0 Å². The van der Waals surface area contributed by atoms with E-state index in [9.17, 15) is 28.1 Å². The van der Waals surface area contributed by atoms with Gasteiger partial charge in [0.15, 0.2) is 0 Å². The summed E-state index contributed by atoms with van der Waals surface area (Å²) in [6.07, 6.45) is 0.697. The van der Waals surface area contributed by atoms with E-state index in [2.05, 4.69) is 21.2 Å². The lowest BCUT2D eigenvalue weighted by molar-refractivity contribution is -0.384. The fraction of sp³-hybridized carbons (Fsp3) is 0.286. The molecule has 40 heavy (non-hydrogen) atoms. The van der Waals surface area contributed by atoms with E-state index in [0.29, 0.717) is 6.42 Å². The Kier molecular flexibility index (Phi) is 10.4. The first-order chi connectivity index (χ1) is 18.9. The molecular formula is C28H31BrN4O6S. The van der Waals surface area contributed by atoms with Crippen molar-refractivity contribution in [2.24, 2.45) is 0 Å². The van der Waals surface area contributed by atoms with E-state index >= 15 is 0 Å². The monoisotopic (exact) mass is 630 g/mol. The molecule has 2 amide bonds. The smallest absolute Gasteiger partial charge is 0.269 e. The van der Waals surface area contributed by atoms with Gasteiger partial charge in [0.1, 0.15) is 12.6 Å². The molecule has 0 fully saturated rings. The van der Waals surface area contributed by atoms with Crippen LogP contribution in [0.5, 0.6) is 0 Å². The lowest BCUT2D eigenvalue weighted by Crippen LogP contribution is -2.52. The van der Waals surface area contributed by atoms with Crippen LogP contribution in [0.1, 0.15) is 32.8 Å². The third-order valence-corrected chi connectivity index (χ3v) is 8.71. The Labute approximate surface area is 242 Å². The zero-order valence-electron chi connectivity index (χ0n) is 22.4. The van der Waals surface area contributed by atoms with Crippen molar-refractivity contribution in [2.45, 2.75) is 50.7 Å². The Morgan fingerprint density at radius 3 is 2.12 bits per heavy atom. The Bertz CT molecular complexity index is 1430. The topological polar surface area (TPSA) is 130 Å². The molecule has 0 unspecified atom stereocenters. The maximum absolute atomic E-state index is 13.9. The predicted molar refractivity (Wildman–Crippen MR) is 156 cm³/mol. The summed E-state index contributed by atoms with van der Waals surface area (Å²) in [5.74, 6) is -0.986. The molecule has 3 aromatic carbocycles. The van der Waals surface area contributed by atoms with Crippen LogP contribution in [0, 0.1) is 10.1 Å². The van der Waals surface area contributed by atoms with Crippen molar-refractivity contribution in [3.63, 3.8) is 0 Å². The molecule has 2 atom stereocenters. The summed E-state index contributed by atoms with van der Waals surface area (Å²) in [5, 5.41) is 14.1. The fourth-order valence-corrected chi connectivity index (χ4v) is 5.52. The van der Waals surface area contributed by atoms with Crippen molar-refractivity contribution in [3.8, 4) is 0 Å². The van der Waals surface area contributed by atoms with Crippen molar-refractivity contribution in [1.29, 1.82) is 0 Å². The number of hydrogen-bond donors (Lipinski definition) is 1. The number of halogens is 1. The van der Waals surface area contributed by atoms with Crippen LogP contribution in [0.3, 0.4) is 0 Å². The molecule has 12 heteroatoms. The number of amides is 2. The van der Waals surface area contributed by atoms with Gasteiger partial charge >= 0.3 is 0 Å². The molecule has 0 spiro atoms. The zero-order chi connectivity index (χ0) is 29.4. The standard InChI is InChI=1S/C28H31BrN4O6S/c1-4-20(2)30-28(35)21(3)31(18-22-10-12-23(29)13-11-22)27(34)19-32(24-14-16-25(17-15-24)33(36)37)40(38,39)26-8-6-5-7-9-26/h5-17,20-21H,4,18-19H2,1-3H3,(H,30,35)/t20-,21+/m1/s1. The van der Waals surface area contributed by atoms with Crippen LogP contribution in [0.25, 0.3) is 0 Å². The molecule has 0 radical (unpaired) electrons. The Morgan fingerprint density at radius 1 is 0.975 bits per heavy atom. The van der Waals surface area contributed by atoms with E-state index in [1.807, 2.05) is 26.0 Å². The van der Waals surface area contributed by atoms with Crippen molar-refractivity contribution in [1.82, 2.24) is 10.2 Å². The normalized spacial score (nSPS) is 12.7. The molecule has 0 saturated carbocycles. The quantitative estimate of drug-likeness (QED) is 0.224. The van der Waals surface area contributed by atoms with Gasteiger partial charge in [-0.15, -0.1) is 0 Å². The number of non-ortho nitro benzene ring substituents is 1. The van der Waals surface area contributed by atoms with Gasteiger partial charge in [-0.25, -0.2) is 8.42 Å². The molecule has 212 valence electrons. The first-order valence-electron chi connectivity index (χ1n) is 12.6. The number of carbonyl (C=O) groups excluding carboxylic acids is 2. The molecule has 1 N–H and O–H groups in total. The molecule has 3 rings (SSSR count). The second kappa shape index (κ2) is 13.5. The van der Waals surface area contributed by atoms with E-state index < -0.39 is 33.4 Å². The summed E-state index contributed by atoms with van der Waals surface area (Å²) in [7, 11) is -4.25. The largest absolute Gasteiger partial charge is 0.352 e. The highest BCUT2D eigenvalue weighted by Crippen LogP contribution is 2.26. The molecule has 0 heterocycles. The highest BCUT2D eigenvalue weighted by atomic mass is 79.9. The van der Waals surface area contributed by atoms with Crippen LogP contribution in [-0.2, 0) is 26.2 Å². The molecule has 0 saturated heterocycles. The van der Waals surface area contributed by atoms with Crippen molar-refractivity contribution in [3.05, 3.63) is 99.0 Å². The maximum Gasteiger partial charge on any atom is 0.269 e. The van der Waals surface area contributed by atoms with Gasteiger partial charge in [0.05, 0.1) is 15.5 Å². The van der Waals surface area contributed by atoms with Crippen LogP contribution >= 0.6 is 15.9 Å². The summed E-state index contributed by atoms with van der Waals surface area (Å²) in [5.41, 5.74) is 0.593. The summed E-state index contributed by atoms with van der Waals surface area (Å²) in [6, 6.07) is 18.7. The molecule has 0 aliphatic carbocycles. The van der Waals surface area contributed by atoms with Crippen LogP contribution < -0.4 is 9.62 Å². The van der Waals surface area contributed by atoms with Gasteiger partial charge in [-0.05, 0) is 62.2 Å². The van der Waals surface area contributed by atoms with Crippen LogP contribution in [0.15, 0.2) is 88.2 Å². The molecule has 3 aromatic rings. The second-order valence-electron chi connectivity index (χ2n) is 9.24. The van der Waals surface area contributed by atoms with E-state index in [1.54, 1.807) is 37.3 Å². The fourth-order valence-electron chi connectivity index (χ4n) is 3.82. The maximum atomic E-state index is 13.9. The Balaban J connectivity index is 2.02. The number of hydrogen-bond acceptors (Lipinski definition) is 6. The summed E-state index contributed by atoms with van der Waals surface area (Å²) in [6.45, 7) is 4.80. The molecule has 0 bridgehead atoms. The average molecular weight is 632 g/mol. The first kappa shape index (κ1) is 30.8. The van der Waals surface area contributed by atoms with Crippen LogP contribution in [0.2, 0.25) is 0 Å². The average Bonchev–Trinajstić information content (AvgIpc) is 2.95. The molecular weight excluding hydrogens is 600 g/mol. The predicted octanol–water partition coefficient (Wildman–Crippen LogP) is 4.88. The second-order valence-corrected chi connectivity index (χ2v) is 12.0. The van der Waals surface area contributed by atoms with Crippen molar-refractivity contribution in [2.75, 3.05) is 10.8 Å². The third-order valence-electron chi connectivity index (χ3n) is 6.39. The first-order valence-corrected chi connectivity index (χ1v) is 14.8. The van der Waals surface area contributed by atoms with Crippen LogP contribution in [0.4, 0.5) is 11.4 Å². The molecule has 0 aliphatic heterocycles. The number of nitro groups is 1. The van der Waals surface area contributed by atoms with Gasteiger partial charge in [-0.1, -0.05) is 53.2 Å². The van der Waals surface area contributed by atoms with Crippen molar-refractivity contribution < 1.29 is 22.9 Å². The van der Waals surface area contributed by atoms with E-state index in [0.717, 1.165) is 14.3 Å². The highest BCUT2D eigenvalue weighted by molar-refractivity contribution is 9.10. The van der Waals surface area contributed by atoms with Crippen molar-refractivity contribution >= 4 is 49.1 Å². The summed E-state index contributed by atoms with van der Waals surface area (Å²) in [4.78, 5) is 38.8. The SMILES string of the molecule is CC[C@@H](C)NC(=O)[C@H](C)N(Cc1ccc(Br)cc1)C(=O)CN(c1ccc([N+](=O)[O-])cc1)S(=O)(=O)c1ccccc1. The third kappa shape index (κ3) is 7.66. The molecule has 0 aromatic heterocycles. The molecule has 0 aliphatic rings. The highest BCUT2D eigenvalue weighted by Gasteiger charge is 2.33. The van der Waals surface area contributed by atoms with Gasteiger partial charge in [0.25, 0.3) is 15.7 Å². The number of nitrogens with zero attached hydrogens (tertiary/aromatic N) is 3. The van der Waals surface area contributed by atoms with E-state index in [-0.39, 0.29) is 34.8 Å². The van der Waals surface area contributed by atoms with Gasteiger partial charge in [-0.2, -0.15) is 0 Å². The van der Waals surface area contributed by atoms with Crippen LogP contribution in [-0.4, -0.2) is 48.7 Å². The van der Waals surface area contributed by atoms with Gasteiger partial charge in [0, 0.05) is 29.2 Å². The number of benzene rings is 3. The van der Waals surface area contributed by atoms with E-state index in [4.69, 9.17) is 0 Å². The summed E-state index contributed by atoms with van der Waals surface area (Å²) < 4.78 is 29.2. The van der Waals surface area contributed by atoms with Gasteiger partial charge < -0.3 is 10.2 Å². The van der Waals surface area contributed by atoms with Gasteiger partial charge in [0.2, 0.25) is 11.8 Å². The minimum absolute atomic E-state index is 0.0526. The minimum Gasteiger partial charge on any atom is -0.352 e. The number of sulfonamides is 1. The number of nitrogens with one attached hydrogen (secondary N) is 1. The summed E-state index contributed by atoms with van der Waals surface area (Å²) >= 11 is 3.38. The minimum atomic E-state index is -4.25. The number of nitro benzene ring substituents is 1. The van der Waals surface area contributed by atoms with E-state index in [1.165, 1.54) is 41.3 Å². The lowest BCUT2D eigenvalue weighted by atomic mass is 10.1. The number of carbonyl (C=O) groups is 2.